The molecule has 29 heavy (non-hydrogen) atoms. The van der Waals surface area contributed by atoms with Gasteiger partial charge < -0.3 is 10.3 Å². The molecule has 0 aliphatic carbocycles. The van der Waals surface area contributed by atoms with Gasteiger partial charge in [-0.05, 0) is 96.4 Å². The Morgan fingerprint density at radius 2 is 1.90 bits per heavy atom. The molecule has 0 spiro atoms. The second kappa shape index (κ2) is 6.95. The van der Waals surface area contributed by atoms with E-state index in [1.807, 2.05) is 0 Å². The first kappa shape index (κ1) is 18.3. The van der Waals surface area contributed by atoms with Crippen molar-refractivity contribution in [2.24, 2.45) is 0 Å². The Morgan fingerprint density at radius 3 is 2.66 bits per heavy atom. The highest BCUT2D eigenvalue weighted by atomic mass is 15.5. The van der Waals surface area contributed by atoms with E-state index >= 15 is 0 Å². The van der Waals surface area contributed by atoms with Gasteiger partial charge in [-0.2, -0.15) is 4.52 Å². The quantitative estimate of drug-likeness (QED) is 0.543. The van der Waals surface area contributed by atoms with Crippen molar-refractivity contribution in [3.8, 4) is 11.3 Å². The van der Waals surface area contributed by atoms with Crippen LogP contribution in [0.2, 0.25) is 0 Å². The third kappa shape index (κ3) is 2.94. The normalized spacial score (nSPS) is 15.8. The number of aromatic amines is 1. The van der Waals surface area contributed by atoms with Crippen LogP contribution in [0.4, 0.5) is 0 Å². The molecule has 2 N–H and O–H groups in total. The van der Waals surface area contributed by atoms with Crippen molar-refractivity contribution < 1.29 is 0 Å². The topological polar surface area (TPSA) is 70.9 Å². The average Bonchev–Trinajstić information content (AvgIpc) is 3.35. The monoisotopic (exact) mass is 388 g/mol. The van der Waals surface area contributed by atoms with E-state index < -0.39 is 0 Å². The number of fused-ring (bicyclic) bond motifs is 2. The highest BCUT2D eigenvalue weighted by Gasteiger charge is 2.22. The summed E-state index contributed by atoms with van der Waals surface area (Å²) in [4.78, 5) is 3.72. The zero-order valence-electron chi connectivity index (χ0n) is 17.6. The number of piperidine rings is 1. The van der Waals surface area contributed by atoms with Crippen molar-refractivity contribution in [2.75, 3.05) is 13.1 Å². The standard InChI is InChI=1S/C23H28N6/c1-13(2)21-18-11-17(16-7-9-24-10-8-16)5-6-20(18)25-22(21)19-12-29-23(26-27-28-29)15(4)14(19)3/h5-6,11-13,16,24-25H,7-10H2,1-4H3. The van der Waals surface area contributed by atoms with E-state index in [0.29, 0.717) is 11.8 Å². The number of pyridine rings is 1. The summed E-state index contributed by atoms with van der Waals surface area (Å²) in [7, 11) is 0. The minimum absolute atomic E-state index is 0.409. The molecule has 5 rings (SSSR count). The van der Waals surface area contributed by atoms with Gasteiger partial charge in [-0.25, -0.2) is 0 Å². The van der Waals surface area contributed by atoms with Gasteiger partial charge in [-0.3, -0.25) is 0 Å². The van der Waals surface area contributed by atoms with Crippen LogP contribution < -0.4 is 5.32 Å². The number of aromatic nitrogens is 5. The summed E-state index contributed by atoms with van der Waals surface area (Å²) in [5, 5.41) is 17.0. The number of hydrogen-bond donors (Lipinski definition) is 2. The van der Waals surface area contributed by atoms with Gasteiger partial charge in [-0.1, -0.05) is 19.9 Å². The van der Waals surface area contributed by atoms with Gasteiger partial charge in [0.25, 0.3) is 0 Å². The maximum absolute atomic E-state index is 4.16. The molecule has 1 saturated heterocycles. The molecule has 150 valence electrons. The molecule has 0 unspecified atom stereocenters. The number of nitrogens with zero attached hydrogens (tertiary/aromatic N) is 4. The number of H-pyrrole nitrogens is 1. The Balaban J connectivity index is 1.72. The first-order valence-corrected chi connectivity index (χ1v) is 10.6. The molecular formula is C23H28N6. The van der Waals surface area contributed by atoms with Crippen LogP contribution in [0, 0.1) is 13.8 Å². The summed E-state index contributed by atoms with van der Waals surface area (Å²) < 4.78 is 1.79. The number of benzene rings is 1. The number of tetrazole rings is 1. The van der Waals surface area contributed by atoms with Crippen molar-refractivity contribution in [3.63, 3.8) is 0 Å². The lowest BCUT2D eigenvalue weighted by Crippen LogP contribution is -2.26. The molecule has 0 saturated carbocycles. The third-order valence-electron chi connectivity index (χ3n) is 6.57. The minimum atomic E-state index is 0.409. The predicted molar refractivity (Wildman–Crippen MR) is 116 cm³/mol. The van der Waals surface area contributed by atoms with E-state index in [9.17, 15) is 0 Å². The van der Waals surface area contributed by atoms with Crippen LogP contribution in [0.15, 0.2) is 24.4 Å². The summed E-state index contributed by atoms with van der Waals surface area (Å²) >= 11 is 0. The first-order valence-electron chi connectivity index (χ1n) is 10.6. The lowest BCUT2D eigenvalue weighted by molar-refractivity contribution is 0.460. The molecular weight excluding hydrogens is 360 g/mol. The lowest BCUT2D eigenvalue weighted by Gasteiger charge is -2.23. The molecule has 4 aromatic rings. The molecule has 3 aromatic heterocycles. The summed E-state index contributed by atoms with van der Waals surface area (Å²) in [6, 6.07) is 7.00. The summed E-state index contributed by atoms with van der Waals surface area (Å²) in [6.45, 7) is 11.0. The van der Waals surface area contributed by atoms with Gasteiger partial charge >= 0.3 is 0 Å². The molecule has 1 fully saturated rings. The molecule has 1 aliphatic rings. The highest BCUT2D eigenvalue weighted by Crippen LogP contribution is 2.39. The lowest BCUT2D eigenvalue weighted by atomic mass is 9.88. The van der Waals surface area contributed by atoms with Gasteiger partial charge in [0.15, 0.2) is 5.65 Å². The van der Waals surface area contributed by atoms with Crippen LogP contribution in [-0.2, 0) is 0 Å². The van der Waals surface area contributed by atoms with Crippen LogP contribution in [-0.4, -0.2) is 38.1 Å². The summed E-state index contributed by atoms with van der Waals surface area (Å²) in [6.07, 6.45) is 4.49. The number of hydrogen-bond acceptors (Lipinski definition) is 4. The molecule has 1 aliphatic heterocycles. The fourth-order valence-electron chi connectivity index (χ4n) is 4.82. The molecule has 0 atom stereocenters. The first-order chi connectivity index (χ1) is 14.0. The van der Waals surface area contributed by atoms with Gasteiger partial charge in [0.1, 0.15) is 0 Å². The van der Waals surface area contributed by atoms with Gasteiger partial charge in [0.05, 0.1) is 5.69 Å². The highest BCUT2D eigenvalue weighted by molar-refractivity contribution is 5.92. The third-order valence-corrected chi connectivity index (χ3v) is 6.57. The van der Waals surface area contributed by atoms with E-state index in [0.717, 1.165) is 24.3 Å². The van der Waals surface area contributed by atoms with Crippen molar-refractivity contribution in [2.45, 2.75) is 52.4 Å². The molecule has 0 radical (unpaired) electrons. The van der Waals surface area contributed by atoms with E-state index in [-0.39, 0.29) is 0 Å². The Kier molecular flexibility index (Phi) is 4.39. The number of nitrogens with one attached hydrogen (secondary N) is 2. The molecule has 6 heteroatoms. The van der Waals surface area contributed by atoms with Crippen molar-refractivity contribution in [1.29, 1.82) is 0 Å². The van der Waals surface area contributed by atoms with E-state index in [1.54, 1.807) is 4.52 Å². The largest absolute Gasteiger partial charge is 0.354 e. The number of aryl methyl sites for hydroxylation is 1. The molecule has 1 aromatic carbocycles. The Hall–Kier alpha value is -2.73. The van der Waals surface area contributed by atoms with Crippen LogP contribution in [0.25, 0.3) is 27.8 Å². The van der Waals surface area contributed by atoms with Crippen LogP contribution in [0.3, 0.4) is 0 Å². The second-order valence-corrected chi connectivity index (χ2v) is 8.64. The molecule has 0 bridgehead atoms. The summed E-state index contributed by atoms with van der Waals surface area (Å²) in [5.74, 6) is 1.06. The molecule has 0 amide bonds. The fourth-order valence-corrected chi connectivity index (χ4v) is 4.82. The van der Waals surface area contributed by atoms with Crippen LogP contribution in [0.1, 0.15) is 60.8 Å². The van der Waals surface area contributed by atoms with E-state index in [4.69, 9.17) is 0 Å². The zero-order chi connectivity index (χ0) is 20.1. The van der Waals surface area contributed by atoms with Crippen molar-refractivity contribution in [1.82, 2.24) is 30.3 Å². The maximum atomic E-state index is 4.16. The molecule has 6 nitrogen and oxygen atoms in total. The smallest absolute Gasteiger partial charge is 0.182 e. The SMILES string of the molecule is Cc1c(-c2[nH]c3ccc(C4CCNCC4)cc3c2C(C)C)cn2nnnc2c1C. The Bertz CT molecular complexity index is 1190. The predicted octanol–water partition coefficient (Wildman–Crippen LogP) is 4.48. The number of rotatable bonds is 3. The van der Waals surface area contributed by atoms with Crippen LogP contribution in [0.5, 0.6) is 0 Å². The minimum Gasteiger partial charge on any atom is -0.354 e. The Labute approximate surface area is 170 Å². The Morgan fingerprint density at radius 1 is 1.10 bits per heavy atom. The maximum Gasteiger partial charge on any atom is 0.182 e. The zero-order valence-corrected chi connectivity index (χ0v) is 17.6. The van der Waals surface area contributed by atoms with Gasteiger partial charge in [-0.15, -0.1) is 5.10 Å². The fraction of sp³-hybridized carbons (Fsp3) is 0.435. The van der Waals surface area contributed by atoms with E-state index in [1.165, 1.54) is 51.7 Å². The van der Waals surface area contributed by atoms with E-state index in [2.05, 4.69) is 77.9 Å². The second-order valence-electron chi connectivity index (χ2n) is 8.64. The average molecular weight is 389 g/mol. The van der Waals surface area contributed by atoms with Crippen molar-refractivity contribution in [3.05, 3.63) is 46.6 Å². The summed E-state index contributed by atoms with van der Waals surface area (Å²) in [5.41, 5.74) is 9.58. The van der Waals surface area contributed by atoms with Gasteiger partial charge in [0.2, 0.25) is 0 Å². The van der Waals surface area contributed by atoms with Crippen LogP contribution >= 0.6 is 0 Å². The molecule has 4 heterocycles. The van der Waals surface area contributed by atoms with Crippen molar-refractivity contribution >= 4 is 16.6 Å². The van der Waals surface area contributed by atoms with Gasteiger partial charge in [0, 0.05) is 22.7 Å².